The minimum atomic E-state index is 0.753. The van der Waals surface area contributed by atoms with E-state index in [4.69, 9.17) is 0 Å². The Labute approximate surface area is 203 Å². The van der Waals surface area contributed by atoms with Crippen LogP contribution in [0.25, 0.3) is 17.2 Å². The summed E-state index contributed by atoms with van der Waals surface area (Å²) in [5.74, 6) is 0. The first kappa shape index (κ1) is 23.2. The molecule has 0 fully saturated rings. The lowest BCUT2D eigenvalue weighted by molar-refractivity contribution is -0.693. The summed E-state index contributed by atoms with van der Waals surface area (Å²) in [4.78, 5) is 6.91. The molecular formula is C31H32N3+. The van der Waals surface area contributed by atoms with Crippen molar-refractivity contribution < 1.29 is 4.57 Å². The number of hydrogen-bond acceptors (Lipinski definition) is 2. The first-order valence-electron chi connectivity index (χ1n) is 12.0. The van der Waals surface area contributed by atoms with Gasteiger partial charge in [-0.15, -0.1) is 0 Å². The molecule has 4 aromatic rings. The van der Waals surface area contributed by atoms with Gasteiger partial charge in [-0.05, 0) is 68.3 Å². The molecule has 0 N–H and O–H groups in total. The highest BCUT2D eigenvalue weighted by Crippen LogP contribution is 2.41. The fourth-order valence-electron chi connectivity index (χ4n) is 4.09. The van der Waals surface area contributed by atoms with Crippen LogP contribution in [-0.2, 0) is 6.54 Å². The van der Waals surface area contributed by atoms with Gasteiger partial charge in [-0.25, -0.2) is 4.57 Å². The van der Waals surface area contributed by atoms with Gasteiger partial charge in [-0.3, -0.25) is 4.99 Å². The number of nitrogens with zero attached hydrogens (tertiary/aromatic N) is 3. The molecule has 3 aromatic carbocycles. The van der Waals surface area contributed by atoms with E-state index in [9.17, 15) is 0 Å². The summed E-state index contributed by atoms with van der Waals surface area (Å²) >= 11 is 0. The summed E-state index contributed by atoms with van der Waals surface area (Å²) in [6, 6.07) is 30.1. The summed E-state index contributed by atoms with van der Waals surface area (Å²) in [6.07, 6.45) is 10.5. The van der Waals surface area contributed by atoms with Crippen molar-refractivity contribution in [3.05, 3.63) is 115 Å². The number of pyridine rings is 1. The molecule has 0 aliphatic heterocycles. The number of anilines is 3. The van der Waals surface area contributed by atoms with E-state index < -0.39 is 0 Å². The minimum Gasteiger partial charge on any atom is -0.310 e. The molecule has 0 aliphatic carbocycles. The summed E-state index contributed by atoms with van der Waals surface area (Å²) in [6.45, 7) is 7.98. The lowest BCUT2D eigenvalue weighted by Crippen LogP contribution is -2.30. The maximum absolute atomic E-state index is 4.58. The van der Waals surface area contributed by atoms with Crippen molar-refractivity contribution in [3.8, 4) is 11.1 Å². The molecule has 0 spiro atoms. The van der Waals surface area contributed by atoms with E-state index in [0.717, 1.165) is 41.3 Å². The molecule has 0 saturated carbocycles. The van der Waals surface area contributed by atoms with Crippen LogP contribution >= 0.6 is 0 Å². The highest BCUT2D eigenvalue weighted by Gasteiger charge is 2.19. The van der Waals surface area contributed by atoms with Crippen molar-refractivity contribution in [2.24, 2.45) is 4.99 Å². The van der Waals surface area contributed by atoms with E-state index in [1.54, 1.807) is 0 Å². The predicted molar refractivity (Wildman–Crippen MR) is 145 cm³/mol. The fourth-order valence-corrected chi connectivity index (χ4v) is 4.09. The van der Waals surface area contributed by atoms with Crippen LogP contribution in [0.5, 0.6) is 0 Å². The number of hydrogen-bond donors (Lipinski definition) is 0. The van der Waals surface area contributed by atoms with Gasteiger partial charge in [0.25, 0.3) is 0 Å². The van der Waals surface area contributed by atoms with Gasteiger partial charge in [0.2, 0.25) is 0 Å². The van der Waals surface area contributed by atoms with Gasteiger partial charge in [0.05, 0.1) is 5.69 Å². The zero-order valence-electron chi connectivity index (χ0n) is 20.2. The monoisotopic (exact) mass is 446 g/mol. The van der Waals surface area contributed by atoms with Gasteiger partial charge in [0, 0.05) is 47.4 Å². The third kappa shape index (κ3) is 5.15. The molecule has 0 radical (unpaired) electrons. The van der Waals surface area contributed by atoms with Crippen molar-refractivity contribution in [2.75, 3.05) is 11.4 Å². The van der Waals surface area contributed by atoms with Crippen molar-refractivity contribution in [1.82, 2.24) is 0 Å². The summed E-state index contributed by atoms with van der Waals surface area (Å²) in [5.41, 5.74) is 7.98. The number of aromatic nitrogens is 1. The molecule has 170 valence electrons. The molecule has 0 saturated heterocycles. The van der Waals surface area contributed by atoms with Gasteiger partial charge < -0.3 is 4.90 Å². The second-order valence-electron chi connectivity index (χ2n) is 8.05. The Bertz CT molecular complexity index is 1220. The molecule has 34 heavy (non-hydrogen) atoms. The standard InChI is InChI=1S/C31H32N3/c1-4-13-26-22-30(25-18-20-33(6-3)21-19-25)31(23-27(26)24-32-5-2)34(28-14-9-7-10-15-28)29-16-11-8-12-17-29/h4,7-24H,5-6H2,1-3H3/q+1/b13-4-,32-24+. The van der Waals surface area contributed by atoms with E-state index in [0.29, 0.717) is 0 Å². The van der Waals surface area contributed by atoms with E-state index in [1.807, 2.05) is 6.21 Å². The molecule has 0 aliphatic rings. The lowest BCUT2D eigenvalue weighted by atomic mass is 9.96. The zero-order valence-corrected chi connectivity index (χ0v) is 20.2. The smallest absolute Gasteiger partial charge is 0.169 e. The average Bonchev–Trinajstić information content (AvgIpc) is 2.90. The topological polar surface area (TPSA) is 19.5 Å². The fraction of sp³-hybridized carbons (Fsp3) is 0.161. The van der Waals surface area contributed by atoms with Crippen LogP contribution in [0.2, 0.25) is 0 Å². The third-order valence-corrected chi connectivity index (χ3v) is 5.80. The Kier molecular flexibility index (Phi) is 7.67. The van der Waals surface area contributed by atoms with E-state index in [2.05, 4.69) is 145 Å². The van der Waals surface area contributed by atoms with Gasteiger partial charge in [-0.1, -0.05) is 48.6 Å². The quantitative estimate of drug-likeness (QED) is 0.201. The maximum Gasteiger partial charge on any atom is 0.169 e. The first-order chi connectivity index (χ1) is 16.7. The van der Waals surface area contributed by atoms with Crippen LogP contribution in [0, 0.1) is 0 Å². The normalized spacial score (nSPS) is 11.4. The Morgan fingerprint density at radius 3 is 1.94 bits per heavy atom. The highest BCUT2D eigenvalue weighted by atomic mass is 15.1. The largest absolute Gasteiger partial charge is 0.310 e. The highest BCUT2D eigenvalue weighted by molar-refractivity contribution is 5.95. The number of aliphatic imine (C=N–C) groups is 1. The minimum absolute atomic E-state index is 0.753. The number of rotatable bonds is 8. The zero-order chi connectivity index (χ0) is 23.8. The van der Waals surface area contributed by atoms with E-state index in [1.165, 1.54) is 11.1 Å². The van der Waals surface area contributed by atoms with Gasteiger partial charge in [0.15, 0.2) is 12.4 Å². The van der Waals surface area contributed by atoms with Gasteiger partial charge in [-0.2, -0.15) is 0 Å². The number of para-hydroxylation sites is 2. The molecular weight excluding hydrogens is 414 g/mol. The second kappa shape index (κ2) is 11.2. The average molecular weight is 447 g/mol. The predicted octanol–water partition coefficient (Wildman–Crippen LogP) is 7.60. The summed E-state index contributed by atoms with van der Waals surface area (Å²) in [5, 5.41) is 0. The first-order valence-corrected chi connectivity index (χ1v) is 12.0. The van der Waals surface area contributed by atoms with Crippen LogP contribution in [0.3, 0.4) is 0 Å². The van der Waals surface area contributed by atoms with Crippen LogP contribution < -0.4 is 9.47 Å². The van der Waals surface area contributed by atoms with E-state index in [-0.39, 0.29) is 0 Å². The molecule has 0 amide bonds. The second-order valence-corrected chi connectivity index (χ2v) is 8.05. The molecule has 0 bridgehead atoms. The van der Waals surface area contributed by atoms with Gasteiger partial charge in [0.1, 0.15) is 6.54 Å². The van der Waals surface area contributed by atoms with Crippen LogP contribution in [0.4, 0.5) is 17.1 Å². The SMILES string of the molecule is C/C=C\c1cc(-c2cc[n+](CC)cc2)c(N(c2ccccc2)c2ccccc2)cc1/C=N/CC. The Morgan fingerprint density at radius 1 is 0.794 bits per heavy atom. The molecule has 3 nitrogen and oxygen atoms in total. The number of allylic oxidation sites excluding steroid dienone is 1. The van der Waals surface area contributed by atoms with Crippen molar-refractivity contribution >= 4 is 29.4 Å². The lowest BCUT2D eigenvalue weighted by Gasteiger charge is -2.28. The van der Waals surface area contributed by atoms with Gasteiger partial charge >= 0.3 is 0 Å². The Hall–Kier alpha value is -3.98. The molecule has 4 rings (SSSR count). The van der Waals surface area contributed by atoms with Crippen molar-refractivity contribution in [1.29, 1.82) is 0 Å². The molecule has 0 atom stereocenters. The third-order valence-electron chi connectivity index (χ3n) is 5.80. The van der Waals surface area contributed by atoms with Crippen molar-refractivity contribution in [2.45, 2.75) is 27.3 Å². The van der Waals surface area contributed by atoms with E-state index >= 15 is 0 Å². The van der Waals surface area contributed by atoms with Crippen LogP contribution in [0.15, 0.2) is 108 Å². The maximum atomic E-state index is 4.58. The summed E-state index contributed by atoms with van der Waals surface area (Å²) in [7, 11) is 0. The van der Waals surface area contributed by atoms with Crippen LogP contribution in [-0.4, -0.2) is 12.8 Å². The Balaban J connectivity index is 2.03. The number of aryl methyl sites for hydroxylation is 1. The molecule has 1 aromatic heterocycles. The Morgan fingerprint density at radius 2 is 1.41 bits per heavy atom. The summed E-state index contributed by atoms with van der Waals surface area (Å²) < 4.78 is 2.18. The number of benzene rings is 3. The van der Waals surface area contributed by atoms with Crippen molar-refractivity contribution in [3.63, 3.8) is 0 Å². The molecule has 1 heterocycles. The molecule has 0 unspecified atom stereocenters. The molecule has 3 heteroatoms. The van der Waals surface area contributed by atoms with Crippen LogP contribution in [0.1, 0.15) is 31.9 Å².